The zero-order valence-corrected chi connectivity index (χ0v) is 13.1. The maximum absolute atomic E-state index is 10.3. The first-order valence-electron chi connectivity index (χ1n) is 8.43. The third-order valence-electron chi connectivity index (χ3n) is 5.52. The molecule has 3 unspecified atom stereocenters. The second-order valence-corrected chi connectivity index (χ2v) is 7.52. The monoisotopic (exact) mass is 267 g/mol. The Morgan fingerprint density at radius 3 is 2.37 bits per heavy atom. The summed E-state index contributed by atoms with van der Waals surface area (Å²) >= 11 is 0. The van der Waals surface area contributed by atoms with Gasteiger partial charge in [0, 0.05) is 13.1 Å². The van der Waals surface area contributed by atoms with Crippen LogP contribution in [0.1, 0.15) is 58.8 Å². The molecule has 0 aromatic rings. The summed E-state index contributed by atoms with van der Waals surface area (Å²) in [4.78, 5) is 2.49. The van der Waals surface area contributed by atoms with E-state index in [-0.39, 0.29) is 6.10 Å². The Morgan fingerprint density at radius 2 is 1.74 bits per heavy atom. The zero-order chi connectivity index (χ0) is 13.8. The fourth-order valence-electron chi connectivity index (χ4n) is 4.19. The van der Waals surface area contributed by atoms with Gasteiger partial charge in [-0.15, -0.1) is 0 Å². The first-order chi connectivity index (χ1) is 9.06. The van der Waals surface area contributed by atoms with Crippen LogP contribution in [0.3, 0.4) is 0 Å². The number of rotatable bonds is 5. The van der Waals surface area contributed by atoms with Crippen LogP contribution in [0.15, 0.2) is 0 Å². The predicted molar refractivity (Wildman–Crippen MR) is 81.1 cm³/mol. The Bertz CT molecular complexity index is 260. The highest BCUT2D eigenvalue weighted by molar-refractivity contribution is 4.83. The van der Waals surface area contributed by atoms with Gasteiger partial charge in [0.1, 0.15) is 0 Å². The maximum atomic E-state index is 10.3. The smallest absolute Gasteiger partial charge is 0.0580 e. The summed E-state index contributed by atoms with van der Waals surface area (Å²) < 4.78 is 0. The summed E-state index contributed by atoms with van der Waals surface area (Å²) in [6.07, 6.45) is 9.12. The highest BCUT2D eigenvalue weighted by Crippen LogP contribution is 2.34. The zero-order valence-electron chi connectivity index (χ0n) is 13.1. The van der Waals surface area contributed by atoms with Crippen LogP contribution in [0.2, 0.25) is 0 Å². The molecule has 2 aliphatic carbocycles. The molecule has 0 amide bonds. The van der Waals surface area contributed by atoms with Crippen molar-refractivity contribution in [1.29, 1.82) is 0 Å². The van der Waals surface area contributed by atoms with Crippen LogP contribution in [0.25, 0.3) is 0 Å². The molecule has 3 atom stereocenters. The number of aliphatic hydroxyl groups excluding tert-OH is 1. The summed E-state index contributed by atoms with van der Waals surface area (Å²) in [6.45, 7) is 7.01. The molecule has 0 heterocycles. The molecule has 0 aromatic carbocycles. The predicted octanol–water partition coefficient (Wildman–Crippen LogP) is 3.54. The van der Waals surface area contributed by atoms with Crippen molar-refractivity contribution in [3.63, 3.8) is 0 Å². The normalized spacial score (nSPS) is 33.5. The van der Waals surface area contributed by atoms with E-state index in [9.17, 15) is 5.11 Å². The quantitative estimate of drug-likeness (QED) is 0.823. The summed E-state index contributed by atoms with van der Waals surface area (Å²) in [5.41, 5.74) is 0. The Kier molecular flexibility index (Phi) is 5.70. The van der Waals surface area contributed by atoms with Crippen molar-refractivity contribution in [3.8, 4) is 0 Å². The largest absolute Gasteiger partial charge is 0.393 e. The van der Waals surface area contributed by atoms with Crippen LogP contribution in [0.5, 0.6) is 0 Å². The SMILES string of the molecule is CC(C)C1CCC(O)C(CN(C)CC2CCCC2)C1. The molecule has 0 aromatic heterocycles. The molecule has 0 spiro atoms. The number of aliphatic hydroxyl groups is 1. The molecule has 2 nitrogen and oxygen atoms in total. The van der Waals surface area contributed by atoms with Crippen LogP contribution >= 0.6 is 0 Å². The molecule has 2 rings (SSSR count). The van der Waals surface area contributed by atoms with E-state index in [0.717, 1.165) is 30.7 Å². The number of hydrogen-bond donors (Lipinski definition) is 1. The van der Waals surface area contributed by atoms with E-state index >= 15 is 0 Å². The minimum absolute atomic E-state index is 0.0546. The molecule has 0 radical (unpaired) electrons. The third-order valence-corrected chi connectivity index (χ3v) is 5.52. The van der Waals surface area contributed by atoms with Crippen molar-refractivity contribution in [3.05, 3.63) is 0 Å². The van der Waals surface area contributed by atoms with E-state index < -0.39 is 0 Å². The van der Waals surface area contributed by atoms with Gasteiger partial charge in [0.2, 0.25) is 0 Å². The number of hydrogen-bond acceptors (Lipinski definition) is 2. The van der Waals surface area contributed by atoms with Gasteiger partial charge in [-0.2, -0.15) is 0 Å². The van der Waals surface area contributed by atoms with Gasteiger partial charge in [-0.25, -0.2) is 0 Å². The highest BCUT2D eigenvalue weighted by Gasteiger charge is 2.31. The first-order valence-corrected chi connectivity index (χ1v) is 8.43. The van der Waals surface area contributed by atoms with Crippen molar-refractivity contribution < 1.29 is 5.11 Å². The molecule has 112 valence electrons. The molecule has 2 saturated carbocycles. The molecular weight excluding hydrogens is 234 g/mol. The highest BCUT2D eigenvalue weighted by atomic mass is 16.3. The van der Waals surface area contributed by atoms with Gasteiger partial charge in [0.25, 0.3) is 0 Å². The lowest BCUT2D eigenvalue weighted by Crippen LogP contribution is -2.39. The van der Waals surface area contributed by atoms with Crippen molar-refractivity contribution in [2.45, 2.75) is 64.9 Å². The van der Waals surface area contributed by atoms with Gasteiger partial charge in [0.15, 0.2) is 0 Å². The molecule has 0 aliphatic heterocycles. The van der Waals surface area contributed by atoms with Crippen LogP contribution < -0.4 is 0 Å². The summed E-state index contributed by atoms with van der Waals surface area (Å²) in [7, 11) is 2.25. The van der Waals surface area contributed by atoms with Gasteiger partial charge in [-0.05, 0) is 62.8 Å². The molecule has 0 saturated heterocycles. The Morgan fingerprint density at radius 1 is 1.05 bits per heavy atom. The van der Waals surface area contributed by atoms with Crippen molar-refractivity contribution in [1.82, 2.24) is 4.90 Å². The molecule has 2 aliphatic rings. The minimum Gasteiger partial charge on any atom is -0.393 e. The van der Waals surface area contributed by atoms with E-state index in [4.69, 9.17) is 0 Å². The second kappa shape index (κ2) is 7.08. The third kappa shape index (κ3) is 4.46. The average Bonchev–Trinajstić information content (AvgIpc) is 2.84. The van der Waals surface area contributed by atoms with Crippen molar-refractivity contribution in [2.24, 2.45) is 23.7 Å². The summed E-state index contributed by atoms with van der Waals surface area (Å²) in [6, 6.07) is 0. The average molecular weight is 267 g/mol. The molecule has 1 N–H and O–H groups in total. The van der Waals surface area contributed by atoms with Crippen LogP contribution in [-0.4, -0.2) is 36.2 Å². The minimum atomic E-state index is -0.0546. The van der Waals surface area contributed by atoms with Crippen LogP contribution in [0.4, 0.5) is 0 Å². The van der Waals surface area contributed by atoms with Gasteiger partial charge in [-0.3, -0.25) is 0 Å². The standard InChI is InChI=1S/C17H33NO/c1-13(2)15-8-9-17(19)16(10-15)12-18(3)11-14-6-4-5-7-14/h13-17,19H,4-12H2,1-3H3. The van der Waals surface area contributed by atoms with Crippen molar-refractivity contribution >= 4 is 0 Å². The van der Waals surface area contributed by atoms with E-state index in [1.54, 1.807) is 0 Å². The lowest BCUT2D eigenvalue weighted by atomic mass is 9.74. The van der Waals surface area contributed by atoms with Gasteiger partial charge in [0.05, 0.1) is 6.10 Å². The Hall–Kier alpha value is -0.0800. The topological polar surface area (TPSA) is 23.5 Å². The lowest BCUT2D eigenvalue weighted by molar-refractivity contribution is 0.0205. The maximum Gasteiger partial charge on any atom is 0.0580 e. The van der Waals surface area contributed by atoms with Crippen LogP contribution in [-0.2, 0) is 0 Å². The summed E-state index contributed by atoms with van der Waals surface area (Å²) in [5, 5.41) is 10.3. The molecule has 2 fully saturated rings. The second-order valence-electron chi connectivity index (χ2n) is 7.52. The Balaban J connectivity index is 1.78. The van der Waals surface area contributed by atoms with E-state index in [0.29, 0.717) is 5.92 Å². The fourth-order valence-corrected chi connectivity index (χ4v) is 4.19. The number of nitrogens with zero attached hydrogens (tertiary/aromatic N) is 1. The summed E-state index contributed by atoms with van der Waals surface area (Å²) in [5.74, 6) is 3.03. The lowest BCUT2D eigenvalue weighted by Gasteiger charge is -2.37. The van der Waals surface area contributed by atoms with Crippen molar-refractivity contribution in [2.75, 3.05) is 20.1 Å². The molecule has 0 bridgehead atoms. The first kappa shape index (κ1) is 15.3. The van der Waals surface area contributed by atoms with Gasteiger partial charge in [-0.1, -0.05) is 26.7 Å². The van der Waals surface area contributed by atoms with E-state index in [2.05, 4.69) is 25.8 Å². The fraction of sp³-hybridized carbons (Fsp3) is 1.00. The Labute approximate surface area is 119 Å². The van der Waals surface area contributed by atoms with Gasteiger partial charge >= 0.3 is 0 Å². The molecule has 2 heteroatoms. The molecule has 19 heavy (non-hydrogen) atoms. The van der Waals surface area contributed by atoms with E-state index in [1.807, 2.05) is 0 Å². The molecular formula is C17H33NO. The van der Waals surface area contributed by atoms with E-state index in [1.165, 1.54) is 45.1 Å². The van der Waals surface area contributed by atoms with Gasteiger partial charge < -0.3 is 10.0 Å². The van der Waals surface area contributed by atoms with Crippen LogP contribution in [0, 0.1) is 23.7 Å².